The highest BCUT2D eigenvalue weighted by Crippen LogP contribution is 2.30. The van der Waals surface area contributed by atoms with E-state index in [2.05, 4.69) is 4.98 Å². The minimum absolute atomic E-state index is 0.378. The van der Waals surface area contributed by atoms with Crippen LogP contribution in [-0.4, -0.2) is 21.2 Å². The zero-order valence-corrected chi connectivity index (χ0v) is 14.0. The first-order valence-electron chi connectivity index (χ1n) is 7.31. The maximum atomic E-state index is 12.7. The predicted octanol–water partition coefficient (Wildman–Crippen LogP) is 5.14. The predicted molar refractivity (Wildman–Crippen MR) is 91.8 cm³/mol. The number of hydrogen-bond donors (Lipinski definition) is 0. The van der Waals surface area contributed by atoms with E-state index in [4.69, 9.17) is 16.3 Å². The van der Waals surface area contributed by atoms with E-state index in [1.165, 1.54) is 0 Å². The monoisotopic (exact) mass is 328 g/mol. The Morgan fingerprint density at radius 2 is 1.91 bits per heavy atom. The number of halogens is 1. The molecular weight excluding hydrogens is 312 g/mol. The molecule has 0 aliphatic carbocycles. The van der Waals surface area contributed by atoms with E-state index < -0.39 is 11.7 Å². The molecule has 2 heterocycles. The fraction of sp³-hybridized carbons (Fsp3) is 0.222. The first-order chi connectivity index (χ1) is 10.8. The van der Waals surface area contributed by atoms with Crippen LogP contribution in [0.4, 0.5) is 4.79 Å². The Hall–Kier alpha value is -2.33. The number of ether oxygens (including phenoxy) is 1. The van der Waals surface area contributed by atoms with Gasteiger partial charge < -0.3 is 4.74 Å². The molecule has 0 aliphatic heterocycles. The third kappa shape index (κ3) is 3.22. The van der Waals surface area contributed by atoms with Gasteiger partial charge in [-0.1, -0.05) is 29.8 Å². The van der Waals surface area contributed by atoms with Crippen LogP contribution in [0.15, 0.2) is 48.7 Å². The third-order valence-corrected chi connectivity index (χ3v) is 3.52. The summed E-state index contributed by atoms with van der Waals surface area (Å²) in [4.78, 5) is 16.7. The van der Waals surface area contributed by atoms with Crippen LogP contribution in [0.1, 0.15) is 20.8 Å². The molecule has 0 N–H and O–H groups in total. The molecule has 118 valence electrons. The number of fused-ring (bicyclic) bond motifs is 1. The average molecular weight is 329 g/mol. The molecule has 0 atom stereocenters. The summed E-state index contributed by atoms with van der Waals surface area (Å²) in [6.45, 7) is 5.54. The molecule has 0 unspecified atom stereocenters. The topological polar surface area (TPSA) is 44.1 Å². The van der Waals surface area contributed by atoms with E-state index in [-0.39, 0.29) is 0 Å². The van der Waals surface area contributed by atoms with Crippen molar-refractivity contribution in [1.29, 1.82) is 0 Å². The summed E-state index contributed by atoms with van der Waals surface area (Å²) >= 11 is 6.00. The van der Waals surface area contributed by atoms with Crippen molar-refractivity contribution < 1.29 is 9.53 Å². The summed E-state index contributed by atoms with van der Waals surface area (Å²) < 4.78 is 7.13. The Labute approximate surface area is 139 Å². The van der Waals surface area contributed by atoms with Crippen molar-refractivity contribution in [2.75, 3.05) is 0 Å². The van der Waals surface area contributed by atoms with Gasteiger partial charge in [0.25, 0.3) is 0 Å². The van der Waals surface area contributed by atoms with Crippen LogP contribution in [0.25, 0.3) is 22.2 Å². The Morgan fingerprint density at radius 1 is 1.17 bits per heavy atom. The summed E-state index contributed by atoms with van der Waals surface area (Å²) in [6.07, 6.45) is 1.20. The average Bonchev–Trinajstić information content (AvgIpc) is 2.85. The van der Waals surface area contributed by atoms with Crippen molar-refractivity contribution in [3.05, 3.63) is 53.8 Å². The molecule has 23 heavy (non-hydrogen) atoms. The lowest BCUT2D eigenvalue weighted by Gasteiger charge is -2.21. The van der Waals surface area contributed by atoms with Crippen LogP contribution in [0, 0.1) is 0 Å². The van der Waals surface area contributed by atoms with Crippen molar-refractivity contribution in [2.24, 2.45) is 0 Å². The molecule has 0 saturated carbocycles. The number of para-hydroxylation sites is 1. The normalized spacial score (nSPS) is 11.7. The zero-order chi connectivity index (χ0) is 16.6. The minimum Gasteiger partial charge on any atom is -0.443 e. The fourth-order valence-corrected chi connectivity index (χ4v) is 2.61. The molecular formula is C18H17ClN2O2. The van der Waals surface area contributed by atoms with Gasteiger partial charge >= 0.3 is 6.09 Å². The van der Waals surface area contributed by atoms with Crippen molar-refractivity contribution >= 4 is 28.6 Å². The van der Waals surface area contributed by atoms with Crippen LogP contribution in [-0.2, 0) is 4.74 Å². The summed E-state index contributed by atoms with van der Waals surface area (Å²) in [5, 5.41) is 1.34. The smallest absolute Gasteiger partial charge is 0.419 e. The summed E-state index contributed by atoms with van der Waals surface area (Å²) in [7, 11) is 0. The summed E-state index contributed by atoms with van der Waals surface area (Å²) in [5.41, 5.74) is 1.76. The molecule has 2 aromatic heterocycles. The number of carbonyl (C=O) groups excluding carboxylic acids is 1. The summed E-state index contributed by atoms with van der Waals surface area (Å²) in [5.74, 6) is 0. The lowest BCUT2D eigenvalue weighted by molar-refractivity contribution is 0.0547. The van der Waals surface area contributed by atoms with Crippen molar-refractivity contribution in [3.8, 4) is 11.3 Å². The third-order valence-electron chi connectivity index (χ3n) is 3.31. The Balaban J connectivity index is 2.21. The van der Waals surface area contributed by atoms with Gasteiger partial charge in [-0.05, 0) is 45.0 Å². The standard InChI is InChI=1S/C18H17ClN2O2/c1-18(2,3)23-17(22)21-14-7-5-4-6-12(14)10-15(21)13-8-9-20-16(19)11-13/h4-11H,1-3H3. The van der Waals surface area contributed by atoms with Gasteiger partial charge in [-0.3, -0.25) is 0 Å². The van der Waals surface area contributed by atoms with Gasteiger partial charge in [0.1, 0.15) is 10.8 Å². The van der Waals surface area contributed by atoms with E-state index >= 15 is 0 Å². The van der Waals surface area contributed by atoms with E-state index in [1.54, 1.807) is 16.8 Å². The highest BCUT2D eigenvalue weighted by atomic mass is 35.5. The molecule has 3 rings (SSSR count). The number of pyridine rings is 1. The number of nitrogens with zero attached hydrogens (tertiary/aromatic N) is 2. The lowest BCUT2D eigenvalue weighted by Crippen LogP contribution is -2.27. The molecule has 0 amide bonds. The first-order valence-corrected chi connectivity index (χ1v) is 7.69. The first kappa shape index (κ1) is 15.6. The highest BCUT2D eigenvalue weighted by molar-refractivity contribution is 6.29. The second kappa shape index (κ2) is 5.70. The van der Waals surface area contributed by atoms with Gasteiger partial charge in [-0.2, -0.15) is 0 Å². The zero-order valence-electron chi connectivity index (χ0n) is 13.2. The Morgan fingerprint density at radius 3 is 2.61 bits per heavy atom. The van der Waals surface area contributed by atoms with Gasteiger partial charge in [0.05, 0.1) is 11.2 Å². The van der Waals surface area contributed by atoms with Gasteiger partial charge in [0.2, 0.25) is 0 Å². The van der Waals surface area contributed by atoms with Gasteiger partial charge in [0.15, 0.2) is 0 Å². The number of carbonyl (C=O) groups is 1. The van der Waals surface area contributed by atoms with Gasteiger partial charge in [-0.15, -0.1) is 0 Å². The van der Waals surface area contributed by atoms with Crippen LogP contribution >= 0.6 is 11.6 Å². The number of hydrogen-bond acceptors (Lipinski definition) is 3. The molecule has 0 bridgehead atoms. The quantitative estimate of drug-likeness (QED) is 0.581. The molecule has 5 heteroatoms. The van der Waals surface area contributed by atoms with E-state index in [9.17, 15) is 4.79 Å². The second-order valence-corrected chi connectivity index (χ2v) is 6.66. The molecule has 0 spiro atoms. The number of aromatic nitrogens is 2. The number of benzene rings is 1. The van der Waals surface area contributed by atoms with Crippen molar-refractivity contribution in [3.63, 3.8) is 0 Å². The molecule has 0 aliphatic rings. The van der Waals surface area contributed by atoms with Crippen molar-refractivity contribution in [1.82, 2.24) is 9.55 Å². The fourth-order valence-electron chi connectivity index (χ4n) is 2.43. The molecule has 1 aromatic carbocycles. The minimum atomic E-state index is -0.574. The van der Waals surface area contributed by atoms with Crippen molar-refractivity contribution in [2.45, 2.75) is 26.4 Å². The molecule has 3 aromatic rings. The van der Waals surface area contributed by atoms with Crippen LogP contribution < -0.4 is 0 Å². The lowest BCUT2D eigenvalue weighted by atomic mass is 10.2. The molecule has 0 radical (unpaired) electrons. The van der Waals surface area contributed by atoms with E-state index in [0.717, 1.165) is 22.2 Å². The number of rotatable bonds is 1. The SMILES string of the molecule is CC(C)(C)OC(=O)n1c(-c2ccnc(Cl)c2)cc2ccccc21. The highest BCUT2D eigenvalue weighted by Gasteiger charge is 2.22. The molecule has 0 saturated heterocycles. The van der Waals surface area contributed by atoms with Gasteiger partial charge in [0, 0.05) is 17.1 Å². The second-order valence-electron chi connectivity index (χ2n) is 6.27. The summed E-state index contributed by atoms with van der Waals surface area (Å²) in [6, 6.07) is 13.2. The van der Waals surface area contributed by atoms with Crippen LogP contribution in [0.5, 0.6) is 0 Å². The maximum Gasteiger partial charge on any atom is 0.419 e. The van der Waals surface area contributed by atoms with Gasteiger partial charge in [-0.25, -0.2) is 14.3 Å². The maximum absolute atomic E-state index is 12.7. The molecule has 0 fully saturated rings. The Kier molecular flexibility index (Phi) is 3.86. The van der Waals surface area contributed by atoms with E-state index in [1.807, 2.05) is 57.2 Å². The Bertz CT molecular complexity index is 878. The van der Waals surface area contributed by atoms with E-state index in [0.29, 0.717) is 5.15 Å². The largest absolute Gasteiger partial charge is 0.443 e. The molecule has 4 nitrogen and oxygen atoms in total. The van der Waals surface area contributed by atoms with Crippen LogP contribution in [0.2, 0.25) is 5.15 Å². The van der Waals surface area contributed by atoms with Crippen LogP contribution in [0.3, 0.4) is 0 Å².